The maximum Gasteiger partial charge on any atom is 0.491 e. The van der Waals surface area contributed by atoms with E-state index in [9.17, 15) is 5.02 Å². The van der Waals surface area contributed by atoms with Crippen LogP contribution in [-0.4, -0.2) is 34.9 Å². The van der Waals surface area contributed by atoms with Gasteiger partial charge in [-0.3, -0.25) is 0 Å². The van der Waals surface area contributed by atoms with Crippen LogP contribution in [0.1, 0.15) is 23.6 Å². The number of fused-ring (bicyclic) bond motifs is 2. The first-order valence-electron chi connectivity index (χ1n) is 8.10. The zero-order valence-corrected chi connectivity index (χ0v) is 14.8. The molecule has 8 heteroatoms. The first kappa shape index (κ1) is 16.2. The van der Waals surface area contributed by atoms with Gasteiger partial charge in [-0.15, -0.1) is 11.3 Å². The third-order valence-corrected chi connectivity index (χ3v) is 5.32. The molecule has 6 nitrogen and oxygen atoms in total. The largest absolute Gasteiger partial charge is 0.491 e. The molecule has 4 rings (SSSR count). The van der Waals surface area contributed by atoms with Gasteiger partial charge in [-0.2, -0.15) is 5.10 Å². The van der Waals surface area contributed by atoms with Crippen LogP contribution in [0, 0.1) is 6.92 Å². The van der Waals surface area contributed by atoms with E-state index in [1.54, 1.807) is 17.7 Å². The summed E-state index contributed by atoms with van der Waals surface area (Å²) in [6.45, 7) is 5.22. The molecule has 1 aliphatic heterocycles. The monoisotopic (exact) mass is 352 g/mol. The number of hydrogen-bond donors (Lipinski definition) is 1. The molecule has 0 saturated heterocycles. The smallest absolute Gasteiger partial charge is 0.423 e. The lowest BCUT2D eigenvalue weighted by Crippen LogP contribution is -2.27. The molecule has 1 aliphatic rings. The highest BCUT2D eigenvalue weighted by Crippen LogP contribution is 2.30. The van der Waals surface area contributed by atoms with E-state index >= 15 is 0 Å². The molecular weight excluding hydrogens is 335 g/mol. The Morgan fingerprint density at radius 1 is 1.44 bits per heavy atom. The summed E-state index contributed by atoms with van der Waals surface area (Å²) in [5.74, 6) is 0.821. The van der Waals surface area contributed by atoms with Crippen molar-refractivity contribution in [3.05, 3.63) is 46.6 Å². The number of aromatic nitrogens is 2. The highest BCUT2D eigenvalue weighted by atomic mass is 32.1. The molecule has 0 unspecified atom stereocenters. The summed E-state index contributed by atoms with van der Waals surface area (Å²) in [4.78, 5) is 8.80. The van der Waals surface area contributed by atoms with Gasteiger partial charge in [-0.1, -0.05) is 12.1 Å². The molecule has 3 heterocycles. The maximum absolute atomic E-state index is 9.70. The molecule has 0 spiro atoms. The summed E-state index contributed by atoms with van der Waals surface area (Å²) < 4.78 is 6.28. The van der Waals surface area contributed by atoms with E-state index in [2.05, 4.69) is 27.4 Å². The Balaban J connectivity index is 1.65. The van der Waals surface area contributed by atoms with Crippen molar-refractivity contribution in [3.63, 3.8) is 0 Å². The van der Waals surface area contributed by atoms with E-state index in [0.717, 1.165) is 38.2 Å². The van der Waals surface area contributed by atoms with E-state index in [0.29, 0.717) is 13.2 Å². The normalized spacial score (nSPS) is 13.8. The third-order valence-electron chi connectivity index (χ3n) is 4.23. The van der Waals surface area contributed by atoms with Crippen LogP contribution in [-0.2, 0) is 11.3 Å². The summed E-state index contributed by atoms with van der Waals surface area (Å²) in [5.41, 5.74) is 4.92. The molecule has 0 bridgehead atoms. The van der Waals surface area contributed by atoms with Crippen LogP contribution < -0.4 is 10.5 Å². The SMILES string of the molecule is CCN(/N=C/c1ccc2c(c1)COB2O)c1ncnc2c(C)csc12. The number of rotatable bonds is 4. The van der Waals surface area contributed by atoms with E-state index in [4.69, 9.17) is 4.65 Å². The highest BCUT2D eigenvalue weighted by molar-refractivity contribution is 7.18. The zero-order valence-electron chi connectivity index (χ0n) is 14.0. The predicted octanol–water partition coefficient (Wildman–Crippen LogP) is 2.08. The van der Waals surface area contributed by atoms with Crippen molar-refractivity contribution >= 4 is 46.2 Å². The lowest BCUT2D eigenvalue weighted by Gasteiger charge is -2.16. The number of aryl methyl sites for hydroxylation is 1. The third kappa shape index (κ3) is 2.93. The molecule has 126 valence electrons. The number of benzene rings is 1. The van der Waals surface area contributed by atoms with Gasteiger partial charge < -0.3 is 9.68 Å². The average Bonchev–Trinajstić information content (AvgIpc) is 3.19. The Bertz CT molecular complexity index is 959. The van der Waals surface area contributed by atoms with Crippen LogP contribution in [0.3, 0.4) is 0 Å². The number of thiophene rings is 1. The van der Waals surface area contributed by atoms with Crippen molar-refractivity contribution in [2.24, 2.45) is 5.10 Å². The lowest BCUT2D eigenvalue weighted by atomic mass is 9.79. The first-order chi connectivity index (χ1) is 12.2. The van der Waals surface area contributed by atoms with Crippen LogP contribution in [0.15, 0.2) is 35.0 Å². The van der Waals surface area contributed by atoms with Gasteiger partial charge >= 0.3 is 7.12 Å². The summed E-state index contributed by atoms with van der Waals surface area (Å²) in [7, 11) is -0.815. The van der Waals surface area contributed by atoms with Gasteiger partial charge in [-0.25, -0.2) is 15.0 Å². The molecule has 25 heavy (non-hydrogen) atoms. The number of hydrazone groups is 1. The number of nitrogens with zero attached hydrogens (tertiary/aromatic N) is 4. The minimum absolute atomic E-state index is 0.427. The fourth-order valence-electron chi connectivity index (χ4n) is 2.89. The molecule has 0 atom stereocenters. The van der Waals surface area contributed by atoms with Gasteiger partial charge in [0.25, 0.3) is 0 Å². The summed E-state index contributed by atoms with van der Waals surface area (Å²) in [6.07, 6.45) is 3.40. The van der Waals surface area contributed by atoms with Crippen LogP contribution in [0.4, 0.5) is 5.82 Å². The highest BCUT2D eigenvalue weighted by Gasteiger charge is 2.26. The van der Waals surface area contributed by atoms with Crippen molar-refractivity contribution in [1.82, 2.24) is 9.97 Å². The van der Waals surface area contributed by atoms with E-state index in [1.165, 1.54) is 0 Å². The van der Waals surface area contributed by atoms with Crippen molar-refractivity contribution in [2.75, 3.05) is 11.6 Å². The summed E-state index contributed by atoms with van der Waals surface area (Å²) in [6, 6.07) is 5.81. The zero-order chi connectivity index (χ0) is 17.4. The van der Waals surface area contributed by atoms with E-state index < -0.39 is 7.12 Å². The van der Waals surface area contributed by atoms with Gasteiger partial charge in [-0.05, 0) is 47.4 Å². The van der Waals surface area contributed by atoms with Crippen molar-refractivity contribution in [2.45, 2.75) is 20.5 Å². The topological polar surface area (TPSA) is 70.8 Å². The standard InChI is InChI=1S/C17H17BN4O2S/c1-3-22(17-16-15(19-10-20-17)11(2)9-25-16)21-7-12-4-5-14-13(6-12)8-24-18(14)23/h4-7,9-10,23H,3,8H2,1-2H3/b21-7+. The fraction of sp³-hybridized carbons (Fsp3) is 0.235. The minimum atomic E-state index is -0.815. The quantitative estimate of drug-likeness (QED) is 0.442. The molecule has 0 aliphatic carbocycles. The Labute approximate surface area is 149 Å². The second-order valence-electron chi connectivity index (χ2n) is 5.88. The molecule has 0 fully saturated rings. The van der Waals surface area contributed by atoms with E-state index in [1.807, 2.05) is 36.3 Å². The Morgan fingerprint density at radius 3 is 3.16 bits per heavy atom. The molecule has 0 radical (unpaired) electrons. The van der Waals surface area contributed by atoms with Gasteiger partial charge in [0.2, 0.25) is 0 Å². The lowest BCUT2D eigenvalue weighted by molar-refractivity contribution is 0.275. The van der Waals surface area contributed by atoms with Crippen LogP contribution >= 0.6 is 11.3 Å². The second-order valence-corrected chi connectivity index (χ2v) is 6.76. The molecule has 3 aromatic rings. The molecule has 0 amide bonds. The van der Waals surface area contributed by atoms with E-state index in [-0.39, 0.29) is 0 Å². The molecule has 2 aromatic heterocycles. The van der Waals surface area contributed by atoms with Gasteiger partial charge in [0.05, 0.1) is 23.0 Å². The maximum atomic E-state index is 9.70. The number of anilines is 1. The Kier molecular flexibility index (Phi) is 4.24. The molecular formula is C17H17BN4O2S. The van der Waals surface area contributed by atoms with Crippen molar-refractivity contribution < 1.29 is 9.68 Å². The fourth-order valence-corrected chi connectivity index (χ4v) is 3.89. The van der Waals surface area contributed by atoms with Crippen molar-refractivity contribution in [1.29, 1.82) is 0 Å². The van der Waals surface area contributed by atoms with Gasteiger partial charge in [0.1, 0.15) is 6.33 Å². The predicted molar refractivity (Wildman–Crippen MR) is 102 cm³/mol. The molecule has 1 aromatic carbocycles. The van der Waals surface area contributed by atoms with Crippen LogP contribution in [0.25, 0.3) is 10.2 Å². The average molecular weight is 352 g/mol. The van der Waals surface area contributed by atoms with Crippen molar-refractivity contribution in [3.8, 4) is 0 Å². The van der Waals surface area contributed by atoms with Crippen LogP contribution in [0.2, 0.25) is 0 Å². The van der Waals surface area contributed by atoms with Gasteiger partial charge in [0.15, 0.2) is 5.82 Å². The Morgan fingerprint density at radius 2 is 2.32 bits per heavy atom. The summed E-state index contributed by atoms with van der Waals surface area (Å²) in [5, 5.41) is 18.3. The first-order valence-corrected chi connectivity index (χ1v) is 8.98. The van der Waals surface area contributed by atoms with Crippen LogP contribution in [0.5, 0.6) is 0 Å². The second kappa shape index (κ2) is 6.55. The molecule has 1 N–H and O–H groups in total. The minimum Gasteiger partial charge on any atom is -0.423 e. The Hall–Kier alpha value is -2.29. The summed E-state index contributed by atoms with van der Waals surface area (Å²) >= 11 is 1.64. The molecule has 0 saturated carbocycles. The van der Waals surface area contributed by atoms with Gasteiger partial charge in [0, 0.05) is 6.54 Å². The number of hydrogen-bond acceptors (Lipinski definition) is 7.